The van der Waals surface area contributed by atoms with Crippen LogP contribution in [0, 0.1) is 6.92 Å². The molecule has 1 aliphatic rings. The average molecular weight is 343 g/mol. The van der Waals surface area contributed by atoms with Crippen LogP contribution >= 0.6 is 0 Å². The summed E-state index contributed by atoms with van der Waals surface area (Å²) in [7, 11) is 0. The Kier molecular flexibility index (Phi) is 6.06. The summed E-state index contributed by atoms with van der Waals surface area (Å²) < 4.78 is 13.2. The molecule has 2 heterocycles. The van der Waals surface area contributed by atoms with Crippen molar-refractivity contribution in [1.82, 2.24) is 9.78 Å². The van der Waals surface area contributed by atoms with Gasteiger partial charge in [0.2, 0.25) is 5.91 Å². The molecular formula is C19H25N3O3. The fraction of sp³-hybridized carbons (Fsp3) is 0.474. The molecule has 6 nitrogen and oxygen atoms in total. The molecule has 1 aromatic heterocycles. The topological polar surface area (TPSA) is 65.4 Å². The fourth-order valence-electron chi connectivity index (χ4n) is 2.79. The molecule has 1 unspecified atom stereocenters. The van der Waals surface area contributed by atoms with Crippen LogP contribution in [0.15, 0.2) is 36.7 Å². The van der Waals surface area contributed by atoms with Crippen LogP contribution in [-0.2, 0) is 16.1 Å². The van der Waals surface area contributed by atoms with Gasteiger partial charge in [0.1, 0.15) is 12.4 Å². The molecule has 0 bridgehead atoms. The van der Waals surface area contributed by atoms with Crippen LogP contribution in [0.2, 0.25) is 0 Å². The summed E-state index contributed by atoms with van der Waals surface area (Å²) in [6.45, 7) is 3.96. The third kappa shape index (κ3) is 5.60. The van der Waals surface area contributed by atoms with Crippen molar-refractivity contribution in [3.05, 3.63) is 42.2 Å². The number of hydrogen-bond acceptors (Lipinski definition) is 4. The van der Waals surface area contributed by atoms with Gasteiger partial charge in [-0.25, -0.2) is 0 Å². The van der Waals surface area contributed by atoms with E-state index in [2.05, 4.69) is 10.4 Å². The minimum atomic E-state index is -0.0302. The van der Waals surface area contributed by atoms with Crippen molar-refractivity contribution in [3.63, 3.8) is 0 Å². The Morgan fingerprint density at radius 2 is 2.20 bits per heavy atom. The lowest BCUT2D eigenvalue weighted by Crippen LogP contribution is -2.25. The molecule has 6 heteroatoms. The molecule has 1 saturated heterocycles. The van der Waals surface area contributed by atoms with Crippen LogP contribution in [0.4, 0.5) is 5.69 Å². The summed E-state index contributed by atoms with van der Waals surface area (Å²) in [4.78, 5) is 12.0. The van der Waals surface area contributed by atoms with E-state index in [1.807, 2.05) is 37.4 Å². The molecule has 1 aromatic carbocycles. The Balaban J connectivity index is 1.41. The van der Waals surface area contributed by atoms with Crippen LogP contribution in [0.3, 0.4) is 0 Å². The van der Waals surface area contributed by atoms with E-state index in [0.29, 0.717) is 19.6 Å². The SMILES string of the molecule is Cc1cnn(CCC(=O)Nc2ccc(OCC3CCCCO3)cc2)c1. The number of aryl methyl sites for hydroxylation is 2. The number of anilines is 1. The summed E-state index contributed by atoms with van der Waals surface area (Å²) in [5, 5.41) is 7.07. The summed E-state index contributed by atoms with van der Waals surface area (Å²) in [5.41, 5.74) is 1.86. The minimum absolute atomic E-state index is 0.0302. The molecule has 0 spiro atoms. The van der Waals surface area contributed by atoms with Crippen molar-refractivity contribution in [2.75, 3.05) is 18.5 Å². The lowest BCUT2D eigenvalue weighted by molar-refractivity contribution is -0.116. The second kappa shape index (κ2) is 8.67. The van der Waals surface area contributed by atoms with E-state index >= 15 is 0 Å². The van der Waals surface area contributed by atoms with Gasteiger partial charge in [-0.15, -0.1) is 0 Å². The highest BCUT2D eigenvalue weighted by Gasteiger charge is 2.14. The number of benzene rings is 1. The number of aromatic nitrogens is 2. The molecule has 1 N–H and O–H groups in total. The number of amides is 1. The Morgan fingerprint density at radius 1 is 1.36 bits per heavy atom. The van der Waals surface area contributed by atoms with Crippen LogP contribution in [0.1, 0.15) is 31.2 Å². The third-order valence-corrected chi connectivity index (χ3v) is 4.18. The lowest BCUT2D eigenvalue weighted by atomic mass is 10.1. The van der Waals surface area contributed by atoms with E-state index < -0.39 is 0 Å². The normalized spacial score (nSPS) is 17.2. The zero-order chi connectivity index (χ0) is 17.5. The number of carbonyl (C=O) groups is 1. The number of rotatable bonds is 7. The highest BCUT2D eigenvalue weighted by molar-refractivity contribution is 5.90. The van der Waals surface area contributed by atoms with E-state index in [4.69, 9.17) is 9.47 Å². The third-order valence-electron chi connectivity index (χ3n) is 4.18. The number of ether oxygens (including phenoxy) is 2. The molecule has 0 saturated carbocycles. The first-order chi connectivity index (χ1) is 12.2. The second-order valence-electron chi connectivity index (χ2n) is 6.40. The van der Waals surface area contributed by atoms with Crippen molar-refractivity contribution < 1.29 is 14.3 Å². The monoisotopic (exact) mass is 343 g/mol. The number of hydrogen-bond donors (Lipinski definition) is 1. The number of carbonyl (C=O) groups excluding carboxylic acids is 1. The maximum Gasteiger partial charge on any atom is 0.226 e. The highest BCUT2D eigenvalue weighted by atomic mass is 16.5. The van der Waals surface area contributed by atoms with E-state index in [1.165, 1.54) is 6.42 Å². The van der Waals surface area contributed by atoms with Crippen LogP contribution < -0.4 is 10.1 Å². The smallest absolute Gasteiger partial charge is 0.226 e. The van der Waals surface area contributed by atoms with E-state index in [0.717, 1.165) is 36.4 Å². The van der Waals surface area contributed by atoms with E-state index in [1.54, 1.807) is 10.9 Å². The van der Waals surface area contributed by atoms with Gasteiger partial charge in [0.05, 0.1) is 12.3 Å². The van der Waals surface area contributed by atoms with Gasteiger partial charge in [-0.2, -0.15) is 5.10 Å². The Hall–Kier alpha value is -2.34. The first-order valence-electron chi connectivity index (χ1n) is 8.82. The maximum absolute atomic E-state index is 12.0. The summed E-state index contributed by atoms with van der Waals surface area (Å²) in [6, 6.07) is 7.45. The zero-order valence-electron chi connectivity index (χ0n) is 14.6. The molecule has 0 radical (unpaired) electrons. The Morgan fingerprint density at radius 3 is 2.88 bits per heavy atom. The standard InChI is InChI=1S/C19H25N3O3/c1-15-12-20-22(13-15)10-9-19(23)21-16-5-7-17(8-6-16)25-14-18-4-2-3-11-24-18/h5-8,12-13,18H,2-4,9-11,14H2,1H3,(H,21,23). The Labute approximate surface area is 148 Å². The predicted octanol–water partition coefficient (Wildman–Crippen LogP) is 3.17. The summed E-state index contributed by atoms with van der Waals surface area (Å²) in [6.07, 6.45) is 7.70. The zero-order valence-corrected chi connectivity index (χ0v) is 14.6. The molecular weight excluding hydrogens is 318 g/mol. The summed E-state index contributed by atoms with van der Waals surface area (Å²) in [5.74, 6) is 0.761. The van der Waals surface area contributed by atoms with Crippen molar-refractivity contribution in [2.45, 2.75) is 45.3 Å². The van der Waals surface area contributed by atoms with Gasteiger partial charge in [-0.1, -0.05) is 0 Å². The van der Waals surface area contributed by atoms with E-state index in [-0.39, 0.29) is 12.0 Å². The van der Waals surface area contributed by atoms with Gasteiger partial charge >= 0.3 is 0 Å². The molecule has 134 valence electrons. The van der Waals surface area contributed by atoms with Crippen molar-refractivity contribution in [3.8, 4) is 5.75 Å². The Bertz CT molecular complexity index is 675. The molecule has 1 atom stereocenters. The highest BCUT2D eigenvalue weighted by Crippen LogP contribution is 2.18. The number of nitrogens with zero attached hydrogens (tertiary/aromatic N) is 2. The minimum Gasteiger partial charge on any atom is -0.491 e. The molecule has 1 fully saturated rings. The quantitative estimate of drug-likeness (QED) is 0.839. The number of nitrogens with one attached hydrogen (secondary N) is 1. The summed E-state index contributed by atoms with van der Waals surface area (Å²) >= 11 is 0. The molecule has 25 heavy (non-hydrogen) atoms. The van der Waals surface area contributed by atoms with Gasteiger partial charge in [-0.3, -0.25) is 9.48 Å². The van der Waals surface area contributed by atoms with Crippen molar-refractivity contribution in [2.24, 2.45) is 0 Å². The first-order valence-corrected chi connectivity index (χ1v) is 8.82. The molecule has 1 amide bonds. The van der Waals surface area contributed by atoms with Gasteiger partial charge in [0.15, 0.2) is 0 Å². The van der Waals surface area contributed by atoms with E-state index in [9.17, 15) is 4.79 Å². The second-order valence-corrected chi connectivity index (χ2v) is 6.40. The fourth-order valence-corrected chi connectivity index (χ4v) is 2.79. The lowest BCUT2D eigenvalue weighted by Gasteiger charge is -2.22. The average Bonchev–Trinajstić information content (AvgIpc) is 3.06. The van der Waals surface area contributed by atoms with Crippen molar-refractivity contribution in [1.29, 1.82) is 0 Å². The van der Waals surface area contributed by atoms with Crippen LogP contribution in [0.25, 0.3) is 0 Å². The van der Waals surface area contributed by atoms with Crippen molar-refractivity contribution >= 4 is 11.6 Å². The van der Waals surface area contributed by atoms with Gasteiger partial charge in [-0.05, 0) is 56.0 Å². The van der Waals surface area contributed by atoms with Gasteiger partial charge < -0.3 is 14.8 Å². The molecule has 3 rings (SSSR count). The van der Waals surface area contributed by atoms with Crippen LogP contribution in [0.5, 0.6) is 5.75 Å². The largest absolute Gasteiger partial charge is 0.491 e. The molecule has 2 aromatic rings. The van der Waals surface area contributed by atoms with Gasteiger partial charge in [0, 0.05) is 31.5 Å². The predicted molar refractivity (Wildman–Crippen MR) is 95.7 cm³/mol. The van der Waals surface area contributed by atoms with Gasteiger partial charge in [0.25, 0.3) is 0 Å². The molecule has 0 aliphatic carbocycles. The first kappa shape index (κ1) is 17.5. The van der Waals surface area contributed by atoms with Crippen LogP contribution in [-0.4, -0.2) is 35.0 Å². The maximum atomic E-state index is 12.0. The molecule has 1 aliphatic heterocycles.